The average molecular weight is 312 g/mol. The van der Waals surface area contributed by atoms with E-state index in [0.29, 0.717) is 12.1 Å². The van der Waals surface area contributed by atoms with Crippen molar-refractivity contribution >= 4 is 17.3 Å². The van der Waals surface area contributed by atoms with Crippen molar-refractivity contribution in [1.82, 2.24) is 4.65 Å². The number of hydrogen-bond acceptors (Lipinski definition) is 4. The molecule has 0 saturated carbocycles. The topological polar surface area (TPSA) is 83.3 Å². The fourth-order valence-electron chi connectivity index (χ4n) is 2.99. The van der Waals surface area contributed by atoms with Gasteiger partial charge >= 0.3 is 5.91 Å². The first-order valence-corrected chi connectivity index (χ1v) is 7.49. The van der Waals surface area contributed by atoms with Crippen LogP contribution in [0.2, 0.25) is 0 Å². The number of hydroxylamine groups is 2. The van der Waals surface area contributed by atoms with Crippen molar-refractivity contribution in [3.63, 3.8) is 0 Å². The molecule has 118 valence electrons. The number of carbonyl (C=O) groups is 1. The molecule has 0 saturated heterocycles. The molecule has 3 rings (SSSR count). The van der Waals surface area contributed by atoms with Crippen LogP contribution in [0.3, 0.4) is 0 Å². The first-order valence-electron chi connectivity index (χ1n) is 7.49. The zero-order chi connectivity index (χ0) is 16.4. The number of amides is 1. The summed E-state index contributed by atoms with van der Waals surface area (Å²) in [6, 6.07) is 12.4. The van der Waals surface area contributed by atoms with Gasteiger partial charge in [-0.1, -0.05) is 18.2 Å². The standard InChI is InChI=1S/C17H16N2O4/c20-17(14-8-10-15(11-9-14)18(21)22)19(23)12-4-3-6-13-5-1-2-7-16(13)19/h1-2,5,7-11H,3-4,6,12H2. The van der Waals surface area contributed by atoms with E-state index in [1.165, 1.54) is 24.3 Å². The summed E-state index contributed by atoms with van der Waals surface area (Å²) in [6.45, 7) is 0.187. The van der Waals surface area contributed by atoms with Crippen molar-refractivity contribution < 1.29 is 9.72 Å². The third kappa shape index (κ3) is 2.74. The van der Waals surface area contributed by atoms with Gasteiger partial charge in [-0.3, -0.25) is 14.8 Å². The number of aryl methyl sites for hydroxylation is 1. The highest BCUT2D eigenvalue weighted by Gasteiger charge is 2.34. The Labute approximate surface area is 133 Å². The molecule has 0 fully saturated rings. The summed E-state index contributed by atoms with van der Waals surface area (Å²) >= 11 is 0. The number of fused-ring (bicyclic) bond motifs is 1. The maximum Gasteiger partial charge on any atom is 0.350 e. The third-order valence-corrected chi connectivity index (χ3v) is 4.20. The van der Waals surface area contributed by atoms with E-state index in [9.17, 15) is 20.1 Å². The van der Waals surface area contributed by atoms with Crippen molar-refractivity contribution in [3.05, 3.63) is 75.0 Å². The van der Waals surface area contributed by atoms with Gasteiger partial charge in [0.15, 0.2) is 0 Å². The van der Waals surface area contributed by atoms with E-state index >= 15 is 0 Å². The monoisotopic (exact) mass is 312 g/mol. The van der Waals surface area contributed by atoms with Gasteiger partial charge in [0.05, 0.1) is 17.0 Å². The minimum atomic E-state index is -1.03. The minimum Gasteiger partial charge on any atom is -0.619 e. The highest BCUT2D eigenvalue weighted by molar-refractivity contribution is 6.03. The molecule has 1 aliphatic heterocycles. The minimum absolute atomic E-state index is 0.102. The smallest absolute Gasteiger partial charge is 0.350 e. The number of carbonyl (C=O) groups excluding carboxylic acids is 1. The van der Waals surface area contributed by atoms with Crippen LogP contribution in [0.5, 0.6) is 0 Å². The van der Waals surface area contributed by atoms with E-state index in [-0.39, 0.29) is 17.8 Å². The van der Waals surface area contributed by atoms with Gasteiger partial charge in [-0.15, -0.1) is 0 Å². The first-order chi connectivity index (χ1) is 11.0. The molecule has 0 radical (unpaired) electrons. The highest BCUT2D eigenvalue weighted by atomic mass is 16.6. The van der Waals surface area contributed by atoms with Crippen molar-refractivity contribution in [2.24, 2.45) is 0 Å². The van der Waals surface area contributed by atoms with Gasteiger partial charge in [-0.05, 0) is 31.4 Å². The van der Waals surface area contributed by atoms with Crippen molar-refractivity contribution in [2.75, 3.05) is 6.54 Å². The number of hydrogen-bond donors (Lipinski definition) is 0. The second-order valence-corrected chi connectivity index (χ2v) is 5.66. The zero-order valence-corrected chi connectivity index (χ0v) is 12.5. The van der Waals surface area contributed by atoms with Crippen molar-refractivity contribution in [1.29, 1.82) is 0 Å². The van der Waals surface area contributed by atoms with Gasteiger partial charge in [-0.2, -0.15) is 0 Å². The van der Waals surface area contributed by atoms with Gasteiger partial charge in [0.2, 0.25) is 0 Å². The molecule has 0 N–H and O–H groups in total. The van der Waals surface area contributed by atoms with Crippen LogP contribution in [-0.4, -0.2) is 17.4 Å². The molecule has 0 spiro atoms. The average Bonchev–Trinajstić information content (AvgIpc) is 2.75. The SMILES string of the molecule is O=C(c1ccc([N+](=O)[O-])cc1)[N+]1([O-])CCCCc2ccccc21. The summed E-state index contributed by atoms with van der Waals surface area (Å²) in [5.74, 6) is -0.575. The molecule has 1 heterocycles. The number of quaternary nitrogens is 1. The van der Waals surface area contributed by atoms with Gasteiger partial charge in [0.1, 0.15) is 5.69 Å². The Kier molecular flexibility index (Phi) is 3.94. The zero-order valence-electron chi connectivity index (χ0n) is 12.5. The highest BCUT2D eigenvalue weighted by Crippen LogP contribution is 2.33. The lowest BCUT2D eigenvalue weighted by molar-refractivity contribution is -0.384. The number of nitro groups is 1. The van der Waals surface area contributed by atoms with E-state index in [0.717, 1.165) is 18.4 Å². The largest absolute Gasteiger partial charge is 0.619 e. The molecule has 0 aromatic heterocycles. The summed E-state index contributed by atoms with van der Waals surface area (Å²) in [5.41, 5.74) is 1.47. The van der Waals surface area contributed by atoms with Crippen LogP contribution >= 0.6 is 0 Å². The maximum absolute atomic E-state index is 13.3. The second kappa shape index (κ2) is 5.91. The molecule has 2 aromatic rings. The molecule has 23 heavy (non-hydrogen) atoms. The predicted molar refractivity (Wildman–Crippen MR) is 86.8 cm³/mol. The van der Waals surface area contributed by atoms with Gasteiger partial charge in [0.25, 0.3) is 5.69 Å². The van der Waals surface area contributed by atoms with Crippen molar-refractivity contribution in [2.45, 2.75) is 19.3 Å². The number of non-ortho nitro benzene ring substituents is 1. The summed E-state index contributed by atoms with van der Waals surface area (Å²) in [7, 11) is 0. The molecular weight excluding hydrogens is 296 g/mol. The Hall–Kier alpha value is -2.57. The van der Waals surface area contributed by atoms with Crippen LogP contribution in [0.4, 0.5) is 11.4 Å². The molecule has 6 nitrogen and oxygen atoms in total. The van der Waals surface area contributed by atoms with Crippen molar-refractivity contribution in [3.8, 4) is 0 Å². The number of nitrogens with zero attached hydrogens (tertiary/aromatic N) is 2. The van der Waals surface area contributed by atoms with Crippen LogP contribution < -0.4 is 4.65 Å². The van der Waals surface area contributed by atoms with E-state index in [1.54, 1.807) is 12.1 Å². The maximum atomic E-state index is 13.3. The van der Waals surface area contributed by atoms with E-state index < -0.39 is 15.5 Å². The normalized spacial score (nSPS) is 20.4. The van der Waals surface area contributed by atoms with Gasteiger partial charge in [0, 0.05) is 23.8 Å². The van der Waals surface area contributed by atoms with E-state index in [4.69, 9.17) is 0 Å². The molecule has 2 aromatic carbocycles. The summed E-state index contributed by atoms with van der Waals surface area (Å²) in [5, 5.41) is 24.0. The summed E-state index contributed by atoms with van der Waals surface area (Å²) in [4.78, 5) is 23.0. The lowest BCUT2D eigenvalue weighted by Crippen LogP contribution is -2.49. The van der Waals surface area contributed by atoms with Gasteiger partial charge < -0.3 is 5.21 Å². The van der Waals surface area contributed by atoms with Crippen LogP contribution in [-0.2, 0) is 6.42 Å². The summed E-state index contributed by atoms with van der Waals surface area (Å²) in [6.07, 6.45) is 2.32. The number of benzene rings is 2. The Morgan fingerprint density at radius 2 is 1.74 bits per heavy atom. The predicted octanol–water partition coefficient (Wildman–Crippen LogP) is 3.58. The quantitative estimate of drug-likeness (QED) is 0.367. The fraction of sp³-hybridized carbons (Fsp3) is 0.235. The number of para-hydroxylation sites is 1. The van der Waals surface area contributed by atoms with Crippen LogP contribution in [0.25, 0.3) is 0 Å². The van der Waals surface area contributed by atoms with E-state index in [2.05, 4.69) is 0 Å². The Morgan fingerprint density at radius 1 is 1.04 bits per heavy atom. The number of rotatable bonds is 2. The molecule has 1 unspecified atom stereocenters. The fourth-order valence-corrected chi connectivity index (χ4v) is 2.99. The van der Waals surface area contributed by atoms with Crippen LogP contribution in [0.1, 0.15) is 28.8 Å². The molecule has 1 aliphatic rings. The van der Waals surface area contributed by atoms with Crippen LogP contribution in [0.15, 0.2) is 48.5 Å². The van der Waals surface area contributed by atoms with Gasteiger partial charge in [-0.25, -0.2) is 4.79 Å². The molecule has 0 aliphatic carbocycles. The van der Waals surface area contributed by atoms with E-state index in [1.807, 2.05) is 12.1 Å². The lowest BCUT2D eigenvalue weighted by Gasteiger charge is -2.39. The summed E-state index contributed by atoms with van der Waals surface area (Å²) < 4.78 is -1.03. The first kappa shape index (κ1) is 15.3. The Morgan fingerprint density at radius 3 is 2.43 bits per heavy atom. The van der Waals surface area contributed by atoms with Crippen LogP contribution in [0, 0.1) is 15.3 Å². The molecule has 1 atom stereocenters. The molecule has 1 amide bonds. The number of nitro benzene ring substituents is 1. The molecular formula is C17H16N2O4. The molecule has 0 bridgehead atoms. The Balaban J connectivity index is 2.02. The third-order valence-electron chi connectivity index (χ3n) is 4.20. The Bertz CT molecular complexity index is 757. The lowest BCUT2D eigenvalue weighted by atomic mass is 10.1. The second-order valence-electron chi connectivity index (χ2n) is 5.66. The molecule has 6 heteroatoms.